The fourth-order valence-corrected chi connectivity index (χ4v) is 1.67. The minimum absolute atomic E-state index is 0.227. The van der Waals surface area contributed by atoms with E-state index in [-0.39, 0.29) is 5.91 Å². The van der Waals surface area contributed by atoms with Gasteiger partial charge in [0.15, 0.2) is 0 Å². The lowest BCUT2D eigenvalue weighted by Gasteiger charge is -2.07. The Kier molecular flexibility index (Phi) is 4.28. The Morgan fingerprint density at radius 3 is 2.60 bits per heavy atom. The van der Waals surface area contributed by atoms with Crippen molar-refractivity contribution in [1.29, 1.82) is 0 Å². The summed E-state index contributed by atoms with van der Waals surface area (Å²) < 4.78 is 0. The van der Waals surface area contributed by atoms with E-state index in [1.165, 1.54) is 0 Å². The van der Waals surface area contributed by atoms with Crippen LogP contribution in [-0.4, -0.2) is 16.9 Å². The normalized spacial score (nSPS) is 9.80. The molecule has 0 spiro atoms. The lowest BCUT2D eigenvalue weighted by Crippen LogP contribution is -2.23. The molecule has 0 bridgehead atoms. The predicted octanol–water partition coefficient (Wildman–Crippen LogP) is 1.50. The van der Waals surface area contributed by atoms with Gasteiger partial charge >= 0.3 is 6.03 Å². The maximum Gasteiger partial charge on any atom is 0.316 e. The monoisotopic (exact) mass is 270 g/mol. The molecule has 0 aliphatic heterocycles. The number of pyridine rings is 1. The number of rotatable bonds is 4. The molecule has 0 atom stereocenters. The SMILES string of the molecule is NC(=O)Nc1cccc(C(=O)NCc2ccncc2)c1. The highest BCUT2D eigenvalue weighted by Gasteiger charge is 2.06. The van der Waals surface area contributed by atoms with E-state index in [9.17, 15) is 9.59 Å². The number of primary amides is 1. The van der Waals surface area contributed by atoms with Gasteiger partial charge in [0.2, 0.25) is 0 Å². The summed E-state index contributed by atoms with van der Waals surface area (Å²) in [7, 11) is 0. The minimum atomic E-state index is -0.667. The highest BCUT2D eigenvalue weighted by Crippen LogP contribution is 2.10. The van der Waals surface area contributed by atoms with Crippen molar-refractivity contribution >= 4 is 17.6 Å². The van der Waals surface area contributed by atoms with Crippen molar-refractivity contribution in [3.8, 4) is 0 Å². The summed E-state index contributed by atoms with van der Waals surface area (Å²) in [5.74, 6) is -0.227. The van der Waals surface area contributed by atoms with E-state index in [2.05, 4.69) is 15.6 Å². The fraction of sp³-hybridized carbons (Fsp3) is 0.0714. The van der Waals surface area contributed by atoms with Crippen molar-refractivity contribution in [3.05, 3.63) is 59.9 Å². The van der Waals surface area contributed by atoms with Crippen LogP contribution in [0.15, 0.2) is 48.8 Å². The lowest BCUT2D eigenvalue weighted by molar-refractivity contribution is 0.0951. The van der Waals surface area contributed by atoms with E-state index in [0.29, 0.717) is 17.8 Å². The average molecular weight is 270 g/mol. The molecule has 0 radical (unpaired) electrons. The van der Waals surface area contributed by atoms with Crippen LogP contribution in [0.3, 0.4) is 0 Å². The molecular formula is C14H14N4O2. The number of urea groups is 1. The zero-order valence-corrected chi connectivity index (χ0v) is 10.7. The molecule has 6 heteroatoms. The summed E-state index contributed by atoms with van der Waals surface area (Å²) in [6, 6.07) is 9.54. The van der Waals surface area contributed by atoms with Crippen molar-refractivity contribution in [3.63, 3.8) is 0 Å². The summed E-state index contributed by atoms with van der Waals surface area (Å²) in [6.45, 7) is 0.412. The van der Waals surface area contributed by atoms with Crippen LogP contribution in [0.4, 0.5) is 10.5 Å². The van der Waals surface area contributed by atoms with E-state index in [1.807, 2.05) is 12.1 Å². The third-order valence-electron chi connectivity index (χ3n) is 2.59. The summed E-state index contributed by atoms with van der Waals surface area (Å²) in [4.78, 5) is 26.7. The Hall–Kier alpha value is -2.89. The molecule has 0 unspecified atom stereocenters. The van der Waals surface area contributed by atoms with Crippen LogP contribution in [0.1, 0.15) is 15.9 Å². The lowest BCUT2D eigenvalue weighted by atomic mass is 10.2. The van der Waals surface area contributed by atoms with Gasteiger partial charge in [0, 0.05) is 30.2 Å². The maximum atomic E-state index is 12.0. The number of carbonyl (C=O) groups is 2. The van der Waals surface area contributed by atoms with Crippen LogP contribution in [0.5, 0.6) is 0 Å². The minimum Gasteiger partial charge on any atom is -0.351 e. The number of nitrogens with two attached hydrogens (primary N) is 1. The summed E-state index contributed by atoms with van der Waals surface area (Å²) in [5, 5.41) is 5.21. The molecule has 6 nitrogen and oxygen atoms in total. The first kappa shape index (κ1) is 13.5. The van der Waals surface area contributed by atoms with Gasteiger partial charge in [-0.2, -0.15) is 0 Å². The first-order valence-electron chi connectivity index (χ1n) is 5.99. The van der Waals surface area contributed by atoms with Gasteiger partial charge in [0.05, 0.1) is 0 Å². The van der Waals surface area contributed by atoms with Crippen LogP contribution in [-0.2, 0) is 6.54 Å². The van der Waals surface area contributed by atoms with Crippen LogP contribution < -0.4 is 16.4 Å². The molecule has 4 N–H and O–H groups in total. The van der Waals surface area contributed by atoms with Crippen LogP contribution >= 0.6 is 0 Å². The van der Waals surface area contributed by atoms with Crippen molar-refractivity contribution in [2.24, 2.45) is 5.73 Å². The molecule has 2 aromatic rings. The molecule has 102 valence electrons. The Morgan fingerprint density at radius 2 is 1.90 bits per heavy atom. The van der Waals surface area contributed by atoms with Gasteiger partial charge < -0.3 is 16.4 Å². The highest BCUT2D eigenvalue weighted by molar-refractivity contribution is 5.96. The Bertz CT molecular complexity index is 614. The van der Waals surface area contributed by atoms with E-state index in [4.69, 9.17) is 5.73 Å². The number of hydrogen-bond acceptors (Lipinski definition) is 3. The number of hydrogen-bond donors (Lipinski definition) is 3. The number of carbonyl (C=O) groups excluding carboxylic acids is 2. The van der Waals surface area contributed by atoms with Crippen molar-refractivity contribution in [2.75, 3.05) is 5.32 Å². The molecule has 0 fully saturated rings. The summed E-state index contributed by atoms with van der Waals surface area (Å²) in [5.41, 5.74) is 6.92. The second-order valence-corrected chi connectivity index (χ2v) is 4.11. The standard InChI is InChI=1S/C14H14N4O2/c15-14(20)18-12-3-1-2-11(8-12)13(19)17-9-10-4-6-16-7-5-10/h1-8H,9H2,(H,17,19)(H3,15,18,20). The molecule has 1 aromatic carbocycles. The van der Waals surface area contributed by atoms with Crippen LogP contribution in [0, 0.1) is 0 Å². The van der Waals surface area contributed by atoms with Crippen molar-refractivity contribution in [1.82, 2.24) is 10.3 Å². The van der Waals surface area contributed by atoms with E-state index >= 15 is 0 Å². The molecule has 1 aromatic heterocycles. The van der Waals surface area contributed by atoms with Crippen molar-refractivity contribution < 1.29 is 9.59 Å². The first-order chi connectivity index (χ1) is 9.65. The Balaban J connectivity index is 2.00. The zero-order valence-electron chi connectivity index (χ0n) is 10.7. The third-order valence-corrected chi connectivity index (χ3v) is 2.59. The number of nitrogens with one attached hydrogen (secondary N) is 2. The van der Waals surface area contributed by atoms with E-state index < -0.39 is 6.03 Å². The number of benzene rings is 1. The van der Waals surface area contributed by atoms with Gasteiger partial charge in [-0.1, -0.05) is 6.07 Å². The Morgan fingerprint density at radius 1 is 1.15 bits per heavy atom. The molecule has 0 aliphatic carbocycles. The van der Waals surface area contributed by atoms with E-state index in [0.717, 1.165) is 5.56 Å². The second-order valence-electron chi connectivity index (χ2n) is 4.11. The maximum absolute atomic E-state index is 12.0. The molecule has 1 heterocycles. The summed E-state index contributed by atoms with van der Waals surface area (Å²) >= 11 is 0. The Labute approximate surface area is 116 Å². The second kappa shape index (κ2) is 6.33. The number of amides is 3. The summed E-state index contributed by atoms with van der Waals surface area (Å²) in [6.07, 6.45) is 3.33. The smallest absolute Gasteiger partial charge is 0.316 e. The molecular weight excluding hydrogens is 256 g/mol. The molecule has 0 saturated heterocycles. The zero-order chi connectivity index (χ0) is 14.4. The van der Waals surface area contributed by atoms with Gasteiger partial charge in [-0.15, -0.1) is 0 Å². The molecule has 0 aliphatic rings. The highest BCUT2D eigenvalue weighted by atomic mass is 16.2. The topological polar surface area (TPSA) is 97.1 Å². The van der Waals surface area contributed by atoms with Crippen molar-refractivity contribution in [2.45, 2.75) is 6.54 Å². The number of nitrogens with zero attached hydrogens (tertiary/aromatic N) is 1. The molecule has 3 amide bonds. The predicted molar refractivity (Wildman–Crippen MR) is 75.1 cm³/mol. The number of aromatic nitrogens is 1. The average Bonchev–Trinajstić information content (AvgIpc) is 2.45. The quantitative estimate of drug-likeness (QED) is 0.785. The van der Waals surface area contributed by atoms with Gasteiger partial charge in [-0.05, 0) is 35.9 Å². The largest absolute Gasteiger partial charge is 0.351 e. The van der Waals surface area contributed by atoms with E-state index in [1.54, 1.807) is 36.7 Å². The van der Waals surface area contributed by atoms with Gasteiger partial charge in [-0.3, -0.25) is 9.78 Å². The molecule has 0 saturated carbocycles. The van der Waals surface area contributed by atoms with Gasteiger partial charge in [0.25, 0.3) is 5.91 Å². The van der Waals surface area contributed by atoms with Crippen LogP contribution in [0.2, 0.25) is 0 Å². The molecule has 2 rings (SSSR count). The van der Waals surface area contributed by atoms with Gasteiger partial charge in [-0.25, -0.2) is 4.79 Å². The number of anilines is 1. The molecule has 20 heavy (non-hydrogen) atoms. The fourth-order valence-electron chi connectivity index (χ4n) is 1.67. The first-order valence-corrected chi connectivity index (χ1v) is 5.99. The van der Waals surface area contributed by atoms with Gasteiger partial charge in [0.1, 0.15) is 0 Å². The van der Waals surface area contributed by atoms with Crippen LogP contribution in [0.25, 0.3) is 0 Å². The third kappa shape index (κ3) is 3.81.